The Morgan fingerprint density at radius 2 is 1.36 bits per heavy atom. The van der Waals surface area contributed by atoms with Crippen LogP contribution in [0.4, 0.5) is 0 Å². The Balaban J connectivity index is 3.29. The summed E-state index contributed by atoms with van der Waals surface area (Å²) < 4.78 is 0. The smallest absolute Gasteiger partial charge is 0.0166 e. The van der Waals surface area contributed by atoms with Crippen molar-refractivity contribution in [3.05, 3.63) is 36.5 Å². The molecule has 0 heterocycles. The van der Waals surface area contributed by atoms with E-state index in [2.05, 4.69) is 50.3 Å². The predicted octanol–water partition coefficient (Wildman–Crippen LogP) is 3.87. The Morgan fingerprint density at radius 1 is 0.727 bits per heavy atom. The molecule has 0 aliphatic rings. The van der Waals surface area contributed by atoms with Gasteiger partial charge in [-0.2, -0.15) is 0 Å². The van der Waals surface area contributed by atoms with E-state index in [9.17, 15) is 0 Å². The van der Waals surface area contributed by atoms with Gasteiger partial charge in [-0.25, -0.2) is 0 Å². The normalized spacial score (nSPS) is 12.5. The Morgan fingerprint density at radius 3 is 2.00 bits per heavy atom. The summed E-state index contributed by atoms with van der Waals surface area (Å²) in [5, 5.41) is 0. The van der Waals surface area contributed by atoms with Crippen LogP contribution in [-0.4, -0.2) is 0 Å². The summed E-state index contributed by atoms with van der Waals surface area (Å²) >= 11 is 0. The maximum atomic E-state index is 2.19. The van der Waals surface area contributed by atoms with Crippen LogP contribution in [0.2, 0.25) is 0 Å². The molecule has 62 valence electrons. The second-order valence-electron chi connectivity index (χ2n) is 2.38. The molecule has 0 rings (SSSR count). The second-order valence-corrected chi connectivity index (χ2v) is 2.38. The van der Waals surface area contributed by atoms with Crippen LogP contribution >= 0.6 is 0 Å². The van der Waals surface area contributed by atoms with Crippen LogP contribution < -0.4 is 0 Å². The first-order valence-electron chi connectivity index (χ1n) is 4.38. The van der Waals surface area contributed by atoms with E-state index in [-0.39, 0.29) is 0 Å². The number of hydrogen-bond donors (Lipinski definition) is 0. The van der Waals surface area contributed by atoms with Crippen LogP contribution in [0.1, 0.15) is 33.1 Å². The predicted molar refractivity (Wildman–Crippen MR) is 52.6 cm³/mol. The highest BCUT2D eigenvalue weighted by Crippen LogP contribution is 1.89. The lowest BCUT2D eigenvalue weighted by molar-refractivity contribution is 1.20. The zero-order valence-electron chi connectivity index (χ0n) is 7.59. The lowest BCUT2D eigenvalue weighted by Crippen LogP contribution is -1.58. The van der Waals surface area contributed by atoms with E-state index >= 15 is 0 Å². The van der Waals surface area contributed by atoms with E-state index < -0.39 is 0 Å². The molecule has 0 bridgehead atoms. The van der Waals surface area contributed by atoms with Gasteiger partial charge in [-0.15, -0.1) is 0 Å². The van der Waals surface area contributed by atoms with Gasteiger partial charge in [0, 0.05) is 0 Å². The standard InChI is InChI=1S/C11H18/c1-3-5-7-9-11-10-8-6-4-2/h5-9,11H,3-4,10H2,1-2H3/b7-5+,8-6+,11-9+. The van der Waals surface area contributed by atoms with Crippen molar-refractivity contribution in [2.24, 2.45) is 0 Å². The molecule has 0 saturated heterocycles. The third kappa shape index (κ3) is 9.22. The minimum atomic E-state index is 1.06. The molecule has 0 nitrogen and oxygen atoms in total. The summed E-state index contributed by atoms with van der Waals surface area (Å²) in [6.07, 6.45) is 16.2. The molecule has 0 aromatic rings. The van der Waals surface area contributed by atoms with Gasteiger partial charge in [-0.3, -0.25) is 0 Å². The zero-order chi connectivity index (χ0) is 8.36. The maximum Gasteiger partial charge on any atom is -0.0166 e. The van der Waals surface area contributed by atoms with Crippen LogP contribution in [0, 0.1) is 0 Å². The van der Waals surface area contributed by atoms with Crippen molar-refractivity contribution in [1.82, 2.24) is 0 Å². The average molecular weight is 150 g/mol. The summed E-state index contributed by atoms with van der Waals surface area (Å²) in [4.78, 5) is 0. The highest BCUT2D eigenvalue weighted by atomic mass is 13.7. The van der Waals surface area contributed by atoms with Gasteiger partial charge in [0.1, 0.15) is 0 Å². The van der Waals surface area contributed by atoms with Gasteiger partial charge in [0.25, 0.3) is 0 Å². The summed E-state index contributed by atoms with van der Waals surface area (Å²) in [6, 6.07) is 0. The Kier molecular flexibility index (Phi) is 8.57. The van der Waals surface area contributed by atoms with Crippen molar-refractivity contribution in [3.8, 4) is 0 Å². The molecule has 0 heteroatoms. The molecule has 0 amide bonds. The zero-order valence-corrected chi connectivity index (χ0v) is 7.59. The van der Waals surface area contributed by atoms with Crippen molar-refractivity contribution < 1.29 is 0 Å². The molecule has 11 heavy (non-hydrogen) atoms. The molecule has 0 aliphatic heterocycles. The van der Waals surface area contributed by atoms with Crippen LogP contribution in [0.3, 0.4) is 0 Å². The lowest BCUT2D eigenvalue weighted by atomic mass is 10.3. The quantitative estimate of drug-likeness (QED) is 0.412. The van der Waals surface area contributed by atoms with Gasteiger partial charge < -0.3 is 0 Å². The van der Waals surface area contributed by atoms with E-state index in [0.717, 1.165) is 19.3 Å². The van der Waals surface area contributed by atoms with Gasteiger partial charge >= 0.3 is 0 Å². The van der Waals surface area contributed by atoms with E-state index in [1.807, 2.05) is 0 Å². The summed E-state index contributed by atoms with van der Waals surface area (Å²) in [5.74, 6) is 0. The fraction of sp³-hybridized carbons (Fsp3) is 0.455. The number of rotatable bonds is 5. The van der Waals surface area contributed by atoms with E-state index in [0.29, 0.717) is 0 Å². The minimum Gasteiger partial charge on any atom is -0.0885 e. The lowest BCUT2D eigenvalue weighted by Gasteiger charge is -1.79. The van der Waals surface area contributed by atoms with Crippen LogP contribution in [0.25, 0.3) is 0 Å². The highest BCUT2D eigenvalue weighted by Gasteiger charge is 1.68. The van der Waals surface area contributed by atoms with E-state index in [1.165, 1.54) is 0 Å². The fourth-order valence-corrected chi connectivity index (χ4v) is 0.713. The fourth-order valence-electron chi connectivity index (χ4n) is 0.713. The van der Waals surface area contributed by atoms with Crippen molar-refractivity contribution in [2.45, 2.75) is 33.1 Å². The van der Waals surface area contributed by atoms with Crippen molar-refractivity contribution in [3.63, 3.8) is 0 Å². The molecule has 0 unspecified atom stereocenters. The van der Waals surface area contributed by atoms with Gasteiger partial charge in [0.05, 0.1) is 0 Å². The van der Waals surface area contributed by atoms with Gasteiger partial charge in [-0.1, -0.05) is 50.3 Å². The molecule has 0 saturated carbocycles. The Hall–Kier alpha value is -0.780. The maximum absolute atomic E-state index is 2.19. The largest absolute Gasteiger partial charge is 0.0885 e. The molecule has 0 aliphatic carbocycles. The van der Waals surface area contributed by atoms with Gasteiger partial charge in [0.15, 0.2) is 0 Å². The second kappa shape index (κ2) is 9.22. The number of allylic oxidation sites excluding steroid dienone is 6. The molecule has 0 radical (unpaired) electrons. The first-order valence-corrected chi connectivity index (χ1v) is 4.38. The summed E-state index contributed by atoms with van der Waals surface area (Å²) in [7, 11) is 0. The summed E-state index contributed by atoms with van der Waals surface area (Å²) in [5.41, 5.74) is 0. The SMILES string of the molecule is CC/C=C/C=C/C/C=C/CC. The molecule has 0 atom stereocenters. The molecule has 0 N–H and O–H groups in total. The Bertz CT molecular complexity index is 138. The first kappa shape index (κ1) is 10.2. The monoisotopic (exact) mass is 150 g/mol. The molecule has 0 spiro atoms. The molecule has 0 aromatic carbocycles. The third-order valence-corrected chi connectivity index (χ3v) is 1.29. The number of hydrogen-bond acceptors (Lipinski definition) is 0. The van der Waals surface area contributed by atoms with Crippen molar-refractivity contribution in [1.29, 1.82) is 0 Å². The molecule has 0 fully saturated rings. The van der Waals surface area contributed by atoms with Crippen LogP contribution in [0.15, 0.2) is 36.5 Å². The topological polar surface area (TPSA) is 0 Å². The van der Waals surface area contributed by atoms with Crippen molar-refractivity contribution >= 4 is 0 Å². The van der Waals surface area contributed by atoms with Crippen LogP contribution in [0.5, 0.6) is 0 Å². The molecular formula is C11H18. The molecule has 0 aromatic heterocycles. The highest BCUT2D eigenvalue weighted by molar-refractivity contribution is 5.04. The van der Waals surface area contributed by atoms with Gasteiger partial charge in [0.2, 0.25) is 0 Å². The average Bonchev–Trinajstić information content (AvgIpc) is 2.03. The van der Waals surface area contributed by atoms with Crippen LogP contribution in [-0.2, 0) is 0 Å². The van der Waals surface area contributed by atoms with Gasteiger partial charge in [-0.05, 0) is 19.3 Å². The van der Waals surface area contributed by atoms with E-state index in [1.54, 1.807) is 0 Å². The minimum absolute atomic E-state index is 1.06. The molecular weight excluding hydrogens is 132 g/mol. The first-order chi connectivity index (χ1) is 5.41. The third-order valence-electron chi connectivity index (χ3n) is 1.29. The van der Waals surface area contributed by atoms with E-state index in [4.69, 9.17) is 0 Å². The van der Waals surface area contributed by atoms with Crippen molar-refractivity contribution in [2.75, 3.05) is 0 Å². The summed E-state index contributed by atoms with van der Waals surface area (Å²) in [6.45, 7) is 4.29. The Labute approximate surface area is 70.3 Å².